The molecule has 27 heavy (non-hydrogen) atoms. The summed E-state index contributed by atoms with van der Waals surface area (Å²) in [4.78, 5) is 14.3. The summed E-state index contributed by atoms with van der Waals surface area (Å²) in [6.07, 6.45) is 1.64. The van der Waals surface area contributed by atoms with Crippen LogP contribution in [0.15, 0.2) is 65.8 Å². The zero-order valence-electron chi connectivity index (χ0n) is 16.1. The molecule has 0 bridgehead atoms. The van der Waals surface area contributed by atoms with Gasteiger partial charge in [0.2, 0.25) is 0 Å². The Morgan fingerprint density at radius 3 is 2.07 bits per heavy atom. The van der Waals surface area contributed by atoms with E-state index in [1.807, 2.05) is 67.5 Å². The maximum atomic E-state index is 12.3. The van der Waals surface area contributed by atoms with Crippen molar-refractivity contribution in [3.63, 3.8) is 0 Å². The highest BCUT2D eigenvalue weighted by Crippen LogP contribution is 2.17. The van der Waals surface area contributed by atoms with E-state index in [0.29, 0.717) is 5.56 Å². The van der Waals surface area contributed by atoms with Gasteiger partial charge in [0.15, 0.2) is 0 Å². The van der Waals surface area contributed by atoms with E-state index < -0.39 is 0 Å². The first-order valence-electron chi connectivity index (χ1n) is 8.82. The molecular weight excluding hydrogens is 336 g/mol. The standard InChI is InChI=1S/C22H24N4O/c1-16-5-6-17(2)26(16)21-13-9-19(10-14-21)22(27)24-23-15-18-7-11-20(12-8-18)25(3)4/h5-15H,1-4H3,(H,24,27)/b23-15-. The minimum atomic E-state index is -0.233. The smallest absolute Gasteiger partial charge is 0.271 e. The summed E-state index contributed by atoms with van der Waals surface area (Å²) >= 11 is 0. The minimum absolute atomic E-state index is 0.233. The number of anilines is 1. The number of aryl methyl sites for hydroxylation is 2. The van der Waals surface area contributed by atoms with Crippen molar-refractivity contribution < 1.29 is 4.79 Å². The van der Waals surface area contributed by atoms with Gasteiger partial charge in [-0.25, -0.2) is 5.43 Å². The molecule has 0 aliphatic rings. The van der Waals surface area contributed by atoms with Crippen LogP contribution in [-0.4, -0.2) is 30.8 Å². The maximum Gasteiger partial charge on any atom is 0.271 e. The largest absolute Gasteiger partial charge is 0.378 e. The van der Waals surface area contributed by atoms with Gasteiger partial charge in [0.1, 0.15) is 0 Å². The summed E-state index contributed by atoms with van der Waals surface area (Å²) in [5.74, 6) is -0.233. The third kappa shape index (κ3) is 4.26. The van der Waals surface area contributed by atoms with Gasteiger partial charge in [-0.15, -0.1) is 0 Å². The fraction of sp³-hybridized carbons (Fsp3) is 0.182. The molecule has 0 spiro atoms. The highest BCUT2D eigenvalue weighted by molar-refractivity contribution is 5.95. The number of amides is 1. The number of nitrogens with one attached hydrogen (secondary N) is 1. The third-order valence-electron chi connectivity index (χ3n) is 4.45. The van der Waals surface area contributed by atoms with Gasteiger partial charge in [-0.2, -0.15) is 5.10 Å². The molecular formula is C22H24N4O. The fourth-order valence-corrected chi connectivity index (χ4v) is 2.93. The van der Waals surface area contributed by atoms with Crippen LogP contribution < -0.4 is 10.3 Å². The molecule has 0 aliphatic carbocycles. The fourth-order valence-electron chi connectivity index (χ4n) is 2.93. The Morgan fingerprint density at radius 2 is 1.52 bits per heavy atom. The van der Waals surface area contributed by atoms with E-state index in [2.05, 4.69) is 41.1 Å². The van der Waals surface area contributed by atoms with Crippen LogP contribution in [0.2, 0.25) is 0 Å². The lowest BCUT2D eigenvalue weighted by atomic mass is 10.2. The van der Waals surface area contributed by atoms with Crippen molar-refractivity contribution in [3.8, 4) is 5.69 Å². The predicted octanol–water partition coefficient (Wildman–Crippen LogP) is 3.92. The molecule has 138 valence electrons. The monoisotopic (exact) mass is 360 g/mol. The summed E-state index contributed by atoms with van der Waals surface area (Å²) in [5, 5.41) is 4.05. The number of hydrazone groups is 1. The lowest BCUT2D eigenvalue weighted by molar-refractivity contribution is 0.0955. The molecule has 0 unspecified atom stereocenters. The van der Waals surface area contributed by atoms with Gasteiger partial charge in [-0.3, -0.25) is 4.79 Å². The van der Waals surface area contributed by atoms with Crippen LogP contribution in [0, 0.1) is 13.8 Å². The number of nitrogens with zero attached hydrogens (tertiary/aromatic N) is 3. The third-order valence-corrected chi connectivity index (χ3v) is 4.45. The van der Waals surface area contributed by atoms with E-state index in [4.69, 9.17) is 0 Å². The van der Waals surface area contributed by atoms with E-state index >= 15 is 0 Å². The van der Waals surface area contributed by atoms with Crippen LogP contribution in [-0.2, 0) is 0 Å². The molecule has 5 heteroatoms. The Bertz CT molecular complexity index is 931. The molecule has 0 aliphatic heterocycles. The second-order valence-corrected chi connectivity index (χ2v) is 6.68. The van der Waals surface area contributed by atoms with Crippen molar-refractivity contribution in [2.75, 3.05) is 19.0 Å². The van der Waals surface area contributed by atoms with Crippen molar-refractivity contribution in [2.24, 2.45) is 5.10 Å². The Labute approximate surface area is 159 Å². The Hall–Kier alpha value is -3.34. The first-order valence-corrected chi connectivity index (χ1v) is 8.82. The average molecular weight is 360 g/mol. The molecule has 1 amide bonds. The highest BCUT2D eigenvalue weighted by Gasteiger charge is 2.07. The Kier molecular flexibility index (Phi) is 5.41. The van der Waals surface area contributed by atoms with Crippen molar-refractivity contribution in [2.45, 2.75) is 13.8 Å². The summed E-state index contributed by atoms with van der Waals surface area (Å²) in [6, 6.07) is 19.6. The summed E-state index contributed by atoms with van der Waals surface area (Å²) in [7, 11) is 3.99. The second kappa shape index (κ2) is 7.91. The van der Waals surface area contributed by atoms with E-state index in [1.165, 1.54) is 0 Å². The molecule has 2 aromatic carbocycles. The molecule has 1 aromatic heterocycles. The van der Waals surface area contributed by atoms with Gasteiger partial charge < -0.3 is 9.47 Å². The minimum Gasteiger partial charge on any atom is -0.378 e. The molecule has 0 saturated heterocycles. The number of benzene rings is 2. The van der Waals surface area contributed by atoms with Crippen LogP contribution >= 0.6 is 0 Å². The van der Waals surface area contributed by atoms with Gasteiger partial charge >= 0.3 is 0 Å². The van der Waals surface area contributed by atoms with Gasteiger partial charge in [0.05, 0.1) is 6.21 Å². The van der Waals surface area contributed by atoms with Crippen molar-refractivity contribution in [3.05, 3.63) is 83.2 Å². The molecule has 0 fully saturated rings. The second-order valence-electron chi connectivity index (χ2n) is 6.68. The quantitative estimate of drug-likeness (QED) is 0.554. The normalized spacial score (nSPS) is 11.0. The molecule has 1 N–H and O–H groups in total. The number of carbonyl (C=O) groups is 1. The summed E-state index contributed by atoms with van der Waals surface area (Å²) < 4.78 is 2.15. The van der Waals surface area contributed by atoms with E-state index in [1.54, 1.807) is 6.21 Å². The van der Waals surface area contributed by atoms with E-state index in [-0.39, 0.29) is 5.91 Å². The lowest BCUT2D eigenvalue weighted by Gasteiger charge is -2.11. The number of rotatable bonds is 5. The predicted molar refractivity (Wildman–Crippen MR) is 111 cm³/mol. The Morgan fingerprint density at radius 1 is 0.926 bits per heavy atom. The first-order chi connectivity index (χ1) is 13.0. The van der Waals surface area contributed by atoms with E-state index in [9.17, 15) is 4.79 Å². The molecule has 5 nitrogen and oxygen atoms in total. The van der Waals surface area contributed by atoms with Crippen LogP contribution in [0.25, 0.3) is 5.69 Å². The molecule has 0 radical (unpaired) electrons. The lowest BCUT2D eigenvalue weighted by Crippen LogP contribution is -2.17. The van der Waals surface area contributed by atoms with Gasteiger partial charge in [0.25, 0.3) is 5.91 Å². The van der Waals surface area contributed by atoms with Crippen LogP contribution in [0.4, 0.5) is 5.69 Å². The van der Waals surface area contributed by atoms with Crippen molar-refractivity contribution in [1.29, 1.82) is 0 Å². The molecule has 1 heterocycles. The highest BCUT2D eigenvalue weighted by atomic mass is 16.2. The SMILES string of the molecule is Cc1ccc(C)n1-c1ccc(C(=O)N/N=C\c2ccc(N(C)C)cc2)cc1. The van der Waals surface area contributed by atoms with Crippen molar-refractivity contribution in [1.82, 2.24) is 9.99 Å². The zero-order valence-corrected chi connectivity index (χ0v) is 16.1. The molecule has 0 saturated carbocycles. The zero-order chi connectivity index (χ0) is 19.4. The van der Waals surface area contributed by atoms with Crippen molar-refractivity contribution >= 4 is 17.8 Å². The van der Waals surface area contributed by atoms with Crippen LogP contribution in [0.1, 0.15) is 27.3 Å². The number of hydrogen-bond donors (Lipinski definition) is 1. The summed E-state index contributed by atoms with van der Waals surface area (Å²) in [5.41, 5.74) is 8.55. The summed E-state index contributed by atoms with van der Waals surface area (Å²) in [6.45, 7) is 4.13. The van der Waals surface area contributed by atoms with Gasteiger partial charge in [0, 0.05) is 42.4 Å². The van der Waals surface area contributed by atoms with Gasteiger partial charge in [-0.05, 0) is 67.9 Å². The maximum absolute atomic E-state index is 12.3. The number of carbonyl (C=O) groups excluding carboxylic acids is 1. The molecule has 3 aromatic rings. The van der Waals surface area contributed by atoms with Gasteiger partial charge in [-0.1, -0.05) is 12.1 Å². The van der Waals surface area contributed by atoms with E-state index in [0.717, 1.165) is 28.3 Å². The van der Waals surface area contributed by atoms with Crippen LogP contribution in [0.3, 0.4) is 0 Å². The number of hydrogen-bond acceptors (Lipinski definition) is 3. The Balaban J connectivity index is 1.64. The average Bonchev–Trinajstić information content (AvgIpc) is 3.00. The topological polar surface area (TPSA) is 49.6 Å². The molecule has 3 rings (SSSR count). The first kappa shape index (κ1) is 18.5. The molecule has 0 atom stereocenters. The number of aromatic nitrogens is 1. The van der Waals surface area contributed by atoms with Crippen LogP contribution in [0.5, 0.6) is 0 Å².